The molecule has 20 heavy (non-hydrogen) atoms. The maximum atomic E-state index is 12.5. The van der Waals surface area contributed by atoms with Crippen molar-refractivity contribution in [1.82, 2.24) is 4.90 Å². The molecule has 2 rings (SSSR count). The fourth-order valence-electron chi connectivity index (χ4n) is 2.36. The molecule has 5 heteroatoms. The van der Waals surface area contributed by atoms with E-state index in [9.17, 15) is 9.59 Å². The Morgan fingerprint density at radius 2 is 1.90 bits per heavy atom. The van der Waals surface area contributed by atoms with Crippen LogP contribution >= 0.6 is 11.6 Å². The van der Waals surface area contributed by atoms with E-state index < -0.39 is 5.41 Å². The first kappa shape index (κ1) is 14.9. The lowest BCUT2D eigenvalue weighted by molar-refractivity contribution is -0.148. The summed E-state index contributed by atoms with van der Waals surface area (Å²) < 4.78 is 4.87. The number of carbonyl (C=O) groups excluding carboxylic acids is 2. The predicted molar refractivity (Wildman–Crippen MR) is 76.6 cm³/mol. The molecule has 1 aromatic carbocycles. The number of hydrogen-bond acceptors (Lipinski definition) is 3. The van der Waals surface area contributed by atoms with Crippen LogP contribution in [0.25, 0.3) is 0 Å². The average Bonchev–Trinajstić information content (AvgIpc) is 3.20. The van der Waals surface area contributed by atoms with Gasteiger partial charge in [-0.05, 0) is 37.5 Å². The molecule has 0 bridgehead atoms. The van der Waals surface area contributed by atoms with E-state index in [2.05, 4.69) is 0 Å². The Morgan fingerprint density at radius 1 is 1.30 bits per heavy atom. The lowest BCUT2D eigenvalue weighted by atomic mass is 9.94. The average molecular weight is 296 g/mol. The lowest BCUT2D eigenvalue weighted by Crippen LogP contribution is -2.40. The van der Waals surface area contributed by atoms with Crippen LogP contribution in [0.5, 0.6) is 0 Å². The number of rotatable bonds is 5. The molecule has 1 fully saturated rings. The molecule has 1 aliphatic rings. The summed E-state index contributed by atoms with van der Waals surface area (Å²) in [6.45, 7) is 2.06. The smallest absolute Gasteiger partial charge is 0.325 e. The third-order valence-corrected chi connectivity index (χ3v) is 3.83. The van der Waals surface area contributed by atoms with Gasteiger partial charge in [0.25, 0.3) is 0 Å². The van der Waals surface area contributed by atoms with Gasteiger partial charge in [0.2, 0.25) is 5.91 Å². The second-order valence-electron chi connectivity index (χ2n) is 5.06. The molecule has 0 aromatic heterocycles. The standard InChI is InChI=1S/C15H18ClNO3/c1-3-20-13(18)10-17(2)14(19)15(8-9-15)11-4-6-12(16)7-5-11/h4-7H,3,8-10H2,1-2H3. The predicted octanol–water partition coefficient (Wildman–Crippen LogP) is 2.39. The van der Waals surface area contributed by atoms with Gasteiger partial charge in [0.05, 0.1) is 12.0 Å². The van der Waals surface area contributed by atoms with Crippen molar-refractivity contribution in [3.05, 3.63) is 34.9 Å². The summed E-state index contributed by atoms with van der Waals surface area (Å²) in [5.74, 6) is -0.414. The maximum absolute atomic E-state index is 12.5. The number of halogens is 1. The van der Waals surface area contributed by atoms with Gasteiger partial charge in [-0.2, -0.15) is 0 Å². The molecular formula is C15H18ClNO3. The van der Waals surface area contributed by atoms with Gasteiger partial charge in [-0.3, -0.25) is 9.59 Å². The zero-order chi connectivity index (χ0) is 14.8. The highest BCUT2D eigenvalue weighted by molar-refractivity contribution is 6.30. The van der Waals surface area contributed by atoms with Gasteiger partial charge in [-0.1, -0.05) is 23.7 Å². The minimum atomic E-state index is -0.480. The summed E-state index contributed by atoms with van der Waals surface area (Å²) in [5.41, 5.74) is 0.480. The molecule has 4 nitrogen and oxygen atoms in total. The van der Waals surface area contributed by atoms with Crippen LogP contribution in [0.15, 0.2) is 24.3 Å². The largest absolute Gasteiger partial charge is 0.465 e. The van der Waals surface area contributed by atoms with Crippen LogP contribution in [0, 0.1) is 0 Å². The minimum absolute atomic E-state index is 0.0119. The Bertz CT molecular complexity index is 508. The van der Waals surface area contributed by atoms with Crippen LogP contribution in [-0.4, -0.2) is 37.0 Å². The van der Waals surface area contributed by atoms with Gasteiger partial charge in [0, 0.05) is 12.1 Å². The Morgan fingerprint density at radius 3 is 2.40 bits per heavy atom. The third-order valence-electron chi connectivity index (χ3n) is 3.57. The lowest BCUT2D eigenvalue weighted by Gasteiger charge is -2.23. The molecule has 1 saturated carbocycles. The quantitative estimate of drug-likeness (QED) is 0.784. The van der Waals surface area contributed by atoms with Gasteiger partial charge in [0.15, 0.2) is 0 Å². The Hall–Kier alpha value is -1.55. The highest BCUT2D eigenvalue weighted by Gasteiger charge is 2.52. The number of ether oxygens (including phenoxy) is 1. The molecule has 0 radical (unpaired) electrons. The molecular weight excluding hydrogens is 278 g/mol. The maximum Gasteiger partial charge on any atom is 0.325 e. The summed E-state index contributed by atoms with van der Waals surface area (Å²) in [4.78, 5) is 25.4. The van der Waals surface area contributed by atoms with Crippen LogP contribution in [0.3, 0.4) is 0 Å². The summed E-state index contributed by atoms with van der Waals surface area (Å²) in [5, 5.41) is 0.650. The Kier molecular flexibility index (Phi) is 4.33. The zero-order valence-electron chi connectivity index (χ0n) is 11.7. The van der Waals surface area contributed by atoms with Crippen LogP contribution in [0.2, 0.25) is 5.02 Å². The normalized spacial score (nSPS) is 15.6. The van der Waals surface area contributed by atoms with Gasteiger partial charge in [0.1, 0.15) is 6.54 Å². The molecule has 0 unspecified atom stereocenters. The van der Waals surface area contributed by atoms with Crippen LogP contribution in [0.4, 0.5) is 0 Å². The second kappa shape index (κ2) is 5.83. The summed E-state index contributed by atoms with van der Waals surface area (Å²) >= 11 is 5.87. The monoisotopic (exact) mass is 295 g/mol. The van der Waals surface area contributed by atoms with E-state index in [1.165, 1.54) is 4.90 Å². The van der Waals surface area contributed by atoms with E-state index in [1.807, 2.05) is 12.1 Å². The van der Waals surface area contributed by atoms with Crippen molar-refractivity contribution >= 4 is 23.5 Å². The van der Waals surface area contributed by atoms with E-state index in [-0.39, 0.29) is 18.4 Å². The molecule has 1 aromatic rings. The topological polar surface area (TPSA) is 46.6 Å². The van der Waals surface area contributed by atoms with Crippen LogP contribution < -0.4 is 0 Å². The number of hydrogen-bond donors (Lipinski definition) is 0. The zero-order valence-corrected chi connectivity index (χ0v) is 12.4. The van der Waals surface area contributed by atoms with E-state index in [0.717, 1.165) is 18.4 Å². The van der Waals surface area contributed by atoms with Crippen molar-refractivity contribution < 1.29 is 14.3 Å². The SMILES string of the molecule is CCOC(=O)CN(C)C(=O)C1(c2ccc(Cl)cc2)CC1. The fourth-order valence-corrected chi connectivity index (χ4v) is 2.48. The molecule has 1 amide bonds. The third kappa shape index (κ3) is 2.96. The molecule has 0 heterocycles. The van der Waals surface area contributed by atoms with Crippen molar-refractivity contribution in [2.45, 2.75) is 25.2 Å². The molecule has 0 saturated heterocycles. The van der Waals surface area contributed by atoms with Gasteiger partial charge < -0.3 is 9.64 Å². The molecule has 108 valence electrons. The van der Waals surface area contributed by atoms with Crippen molar-refractivity contribution in [1.29, 1.82) is 0 Å². The minimum Gasteiger partial charge on any atom is -0.465 e. The van der Waals surface area contributed by atoms with E-state index in [1.54, 1.807) is 26.1 Å². The molecule has 0 N–H and O–H groups in total. The van der Waals surface area contributed by atoms with Crippen LogP contribution in [-0.2, 0) is 19.7 Å². The van der Waals surface area contributed by atoms with Gasteiger partial charge >= 0.3 is 5.97 Å². The number of carbonyl (C=O) groups is 2. The Labute approximate surface area is 123 Å². The summed E-state index contributed by atoms with van der Waals surface area (Å²) in [6.07, 6.45) is 1.61. The van der Waals surface area contributed by atoms with Gasteiger partial charge in [-0.15, -0.1) is 0 Å². The van der Waals surface area contributed by atoms with E-state index in [4.69, 9.17) is 16.3 Å². The van der Waals surface area contributed by atoms with Gasteiger partial charge in [-0.25, -0.2) is 0 Å². The van der Waals surface area contributed by atoms with Crippen molar-refractivity contribution in [2.24, 2.45) is 0 Å². The van der Waals surface area contributed by atoms with E-state index >= 15 is 0 Å². The highest BCUT2D eigenvalue weighted by Crippen LogP contribution is 2.49. The van der Waals surface area contributed by atoms with Crippen molar-refractivity contribution in [3.8, 4) is 0 Å². The summed E-state index contributed by atoms with van der Waals surface area (Å²) in [7, 11) is 1.63. The second-order valence-corrected chi connectivity index (χ2v) is 5.49. The Balaban J connectivity index is 2.08. The number of nitrogens with zero attached hydrogens (tertiary/aromatic N) is 1. The molecule has 1 aliphatic carbocycles. The molecule has 0 aliphatic heterocycles. The summed E-state index contributed by atoms with van der Waals surface area (Å²) in [6, 6.07) is 7.34. The first-order chi connectivity index (χ1) is 9.49. The van der Waals surface area contributed by atoms with E-state index in [0.29, 0.717) is 11.6 Å². The number of benzene rings is 1. The highest BCUT2D eigenvalue weighted by atomic mass is 35.5. The number of likely N-dealkylation sites (N-methyl/N-ethyl adjacent to an activating group) is 1. The first-order valence-corrected chi connectivity index (χ1v) is 7.04. The fraction of sp³-hybridized carbons (Fsp3) is 0.467. The number of amides is 1. The number of esters is 1. The van der Waals surface area contributed by atoms with Crippen molar-refractivity contribution in [2.75, 3.05) is 20.2 Å². The molecule has 0 spiro atoms. The molecule has 0 atom stereocenters. The van der Waals surface area contributed by atoms with Crippen molar-refractivity contribution in [3.63, 3.8) is 0 Å². The van der Waals surface area contributed by atoms with Crippen LogP contribution in [0.1, 0.15) is 25.3 Å². The first-order valence-electron chi connectivity index (χ1n) is 6.67.